The Morgan fingerprint density at radius 3 is 2.71 bits per heavy atom. The number of unbranched alkanes of at least 4 members (excludes halogenated alkanes) is 1. The lowest BCUT2D eigenvalue weighted by Gasteiger charge is -2.12. The number of hydrogen-bond donors (Lipinski definition) is 0. The van der Waals surface area contributed by atoms with Crippen molar-refractivity contribution < 1.29 is 4.74 Å². The minimum Gasteiger partial charge on any atom is -0.493 e. The van der Waals surface area contributed by atoms with E-state index in [-0.39, 0.29) is 0 Å². The van der Waals surface area contributed by atoms with E-state index in [1.54, 1.807) is 6.20 Å². The van der Waals surface area contributed by atoms with Gasteiger partial charge in [0.05, 0.1) is 6.61 Å². The van der Waals surface area contributed by atoms with Crippen molar-refractivity contribution in [3.05, 3.63) is 60.9 Å². The first-order valence-electron chi connectivity index (χ1n) is 7.45. The Hall–Kier alpha value is -2.35. The van der Waals surface area contributed by atoms with Crippen LogP contribution in [0.5, 0.6) is 5.75 Å². The Morgan fingerprint density at radius 2 is 1.81 bits per heavy atom. The van der Waals surface area contributed by atoms with Crippen molar-refractivity contribution in [2.24, 2.45) is 0 Å². The van der Waals surface area contributed by atoms with Gasteiger partial charge in [0, 0.05) is 18.0 Å². The molecule has 0 radical (unpaired) electrons. The maximum atomic E-state index is 5.94. The number of aromatic nitrogens is 1. The topological polar surface area (TPSA) is 22.1 Å². The van der Waals surface area contributed by atoms with Gasteiger partial charge in [-0.25, -0.2) is 0 Å². The summed E-state index contributed by atoms with van der Waals surface area (Å²) in [7, 11) is 0. The molecule has 0 unspecified atom stereocenters. The molecule has 0 aliphatic carbocycles. The van der Waals surface area contributed by atoms with Crippen LogP contribution in [0.2, 0.25) is 0 Å². The molecule has 21 heavy (non-hydrogen) atoms. The van der Waals surface area contributed by atoms with E-state index in [2.05, 4.69) is 54.4 Å². The molecule has 0 saturated heterocycles. The average molecular weight is 277 g/mol. The van der Waals surface area contributed by atoms with Gasteiger partial charge in [-0.3, -0.25) is 4.98 Å². The lowest BCUT2D eigenvalue weighted by molar-refractivity contribution is 0.310. The van der Waals surface area contributed by atoms with Crippen LogP contribution >= 0.6 is 0 Å². The number of pyridine rings is 1. The summed E-state index contributed by atoms with van der Waals surface area (Å²) in [5, 5.41) is 2.46. The van der Waals surface area contributed by atoms with Crippen LogP contribution in [0.3, 0.4) is 0 Å². The van der Waals surface area contributed by atoms with Gasteiger partial charge in [-0.05, 0) is 28.8 Å². The van der Waals surface area contributed by atoms with E-state index < -0.39 is 0 Å². The largest absolute Gasteiger partial charge is 0.493 e. The van der Waals surface area contributed by atoms with Crippen molar-refractivity contribution in [1.29, 1.82) is 0 Å². The summed E-state index contributed by atoms with van der Waals surface area (Å²) in [6.07, 6.45) is 5.88. The van der Waals surface area contributed by atoms with Crippen LogP contribution in [0.1, 0.15) is 19.8 Å². The van der Waals surface area contributed by atoms with Crippen molar-refractivity contribution in [2.75, 3.05) is 6.61 Å². The standard InChI is InChI=1S/C19H19NO/c1-2-3-13-21-19-11-12-20-14-18(19)17-10-6-8-15-7-4-5-9-16(15)17/h4-12,14H,2-3,13H2,1H3. The van der Waals surface area contributed by atoms with Gasteiger partial charge < -0.3 is 4.74 Å². The maximum Gasteiger partial charge on any atom is 0.130 e. The van der Waals surface area contributed by atoms with Crippen LogP contribution in [0.25, 0.3) is 21.9 Å². The van der Waals surface area contributed by atoms with Gasteiger partial charge in [0.15, 0.2) is 0 Å². The van der Waals surface area contributed by atoms with Crippen molar-refractivity contribution in [3.63, 3.8) is 0 Å². The van der Waals surface area contributed by atoms with Gasteiger partial charge in [-0.1, -0.05) is 55.8 Å². The Kier molecular flexibility index (Phi) is 4.15. The molecule has 2 heteroatoms. The van der Waals surface area contributed by atoms with E-state index in [9.17, 15) is 0 Å². The number of hydrogen-bond acceptors (Lipinski definition) is 2. The van der Waals surface area contributed by atoms with Crippen LogP contribution < -0.4 is 4.74 Å². The minimum absolute atomic E-state index is 0.748. The summed E-state index contributed by atoms with van der Waals surface area (Å²) in [5.74, 6) is 0.912. The van der Waals surface area contributed by atoms with Gasteiger partial charge in [0.25, 0.3) is 0 Å². The molecule has 0 saturated carbocycles. The van der Waals surface area contributed by atoms with Crippen molar-refractivity contribution in [1.82, 2.24) is 4.98 Å². The molecule has 1 aromatic heterocycles. The van der Waals surface area contributed by atoms with Crippen LogP contribution in [0.4, 0.5) is 0 Å². The van der Waals surface area contributed by atoms with Crippen LogP contribution in [0, 0.1) is 0 Å². The highest BCUT2D eigenvalue weighted by molar-refractivity contribution is 5.97. The third kappa shape index (κ3) is 2.89. The number of benzene rings is 2. The fraction of sp³-hybridized carbons (Fsp3) is 0.211. The summed E-state index contributed by atoms with van der Waals surface area (Å²) < 4.78 is 5.94. The fourth-order valence-corrected chi connectivity index (χ4v) is 2.50. The zero-order valence-electron chi connectivity index (χ0n) is 12.3. The first-order chi connectivity index (χ1) is 10.4. The number of ether oxygens (including phenoxy) is 1. The molecule has 0 spiro atoms. The van der Waals surface area contributed by atoms with E-state index in [1.165, 1.54) is 16.3 Å². The molecule has 3 rings (SSSR count). The first kappa shape index (κ1) is 13.6. The molecule has 106 valence electrons. The molecule has 0 N–H and O–H groups in total. The number of nitrogens with zero attached hydrogens (tertiary/aromatic N) is 1. The Balaban J connectivity index is 2.06. The lowest BCUT2D eigenvalue weighted by atomic mass is 9.99. The van der Waals surface area contributed by atoms with E-state index in [0.717, 1.165) is 30.8 Å². The summed E-state index contributed by atoms with van der Waals surface area (Å²) >= 11 is 0. The normalized spacial score (nSPS) is 10.7. The number of rotatable bonds is 5. The second-order valence-corrected chi connectivity index (χ2v) is 5.10. The molecular weight excluding hydrogens is 258 g/mol. The number of fused-ring (bicyclic) bond motifs is 1. The minimum atomic E-state index is 0.748. The third-order valence-corrected chi connectivity index (χ3v) is 3.62. The molecule has 2 nitrogen and oxygen atoms in total. The van der Waals surface area contributed by atoms with E-state index in [1.807, 2.05) is 12.3 Å². The van der Waals surface area contributed by atoms with Gasteiger partial charge in [-0.15, -0.1) is 0 Å². The Labute approximate surface area is 125 Å². The first-order valence-corrected chi connectivity index (χ1v) is 7.45. The van der Waals surface area contributed by atoms with E-state index in [4.69, 9.17) is 4.74 Å². The quantitative estimate of drug-likeness (QED) is 0.607. The molecule has 2 aromatic carbocycles. The SMILES string of the molecule is CCCCOc1ccncc1-c1cccc2ccccc12. The molecular formula is C19H19NO. The highest BCUT2D eigenvalue weighted by Gasteiger charge is 2.09. The molecule has 1 heterocycles. The molecule has 0 amide bonds. The molecule has 0 fully saturated rings. The van der Waals surface area contributed by atoms with Gasteiger partial charge >= 0.3 is 0 Å². The molecule has 0 aliphatic heterocycles. The molecule has 0 aliphatic rings. The van der Waals surface area contributed by atoms with E-state index >= 15 is 0 Å². The van der Waals surface area contributed by atoms with Crippen molar-refractivity contribution in [2.45, 2.75) is 19.8 Å². The molecule has 0 bridgehead atoms. The van der Waals surface area contributed by atoms with Crippen LogP contribution in [-0.2, 0) is 0 Å². The predicted molar refractivity (Wildman–Crippen MR) is 87.6 cm³/mol. The predicted octanol–water partition coefficient (Wildman–Crippen LogP) is 5.08. The monoisotopic (exact) mass is 277 g/mol. The van der Waals surface area contributed by atoms with Gasteiger partial charge in [0.1, 0.15) is 5.75 Å². The highest BCUT2D eigenvalue weighted by atomic mass is 16.5. The zero-order valence-corrected chi connectivity index (χ0v) is 12.3. The Bertz CT molecular complexity index is 731. The highest BCUT2D eigenvalue weighted by Crippen LogP contribution is 2.34. The van der Waals surface area contributed by atoms with Crippen LogP contribution in [0.15, 0.2) is 60.9 Å². The zero-order chi connectivity index (χ0) is 14.5. The van der Waals surface area contributed by atoms with Crippen molar-refractivity contribution in [3.8, 4) is 16.9 Å². The summed E-state index contributed by atoms with van der Waals surface area (Å²) in [5.41, 5.74) is 2.23. The third-order valence-electron chi connectivity index (χ3n) is 3.62. The average Bonchev–Trinajstić information content (AvgIpc) is 2.55. The van der Waals surface area contributed by atoms with Gasteiger partial charge in [-0.2, -0.15) is 0 Å². The smallest absolute Gasteiger partial charge is 0.130 e. The van der Waals surface area contributed by atoms with E-state index in [0.29, 0.717) is 0 Å². The fourth-order valence-electron chi connectivity index (χ4n) is 2.50. The summed E-state index contributed by atoms with van der Waals surface area (Å²) in [6, 6.07) is 16.7. The van der Waals surface area contributed by atoms with Crippen molar-refractivity contribution >= 4 is 10.8 Å². The summed E-state index contributed by atoms with van der Waals surface area (Å²) in [6.45, 7) is 2.92. The van der Waals surface area contributed by atoms with Crippen LogP contribution in [-0.4, -0.2) is 11.6 Å². The second kappa shape index (κ2) is 6.40. The maximum absolute atomic E-state index is 5.94. The Morgan fingerprint density at radius 1 is 0.952 bits per heavy atom. The second-order valence-electron chi connectivity index (χ2n) is 5.10. The molecule has 0 atom stereocenters. The summed E-state index contributed by atoms with van der Waals surface area (Å²) in [4.78, 5) is 4.28. The van der Waals surface area contributed by atoms with Gasteiger partial charge in [0.2, 0.25) is 0 Å². The lowest BCUT2D eigenvalue weighted by Crippen LogP contribution is -1.98. The molecule has 3 aromatic rings.